The molecule has 1 aliphatic rings. The zero-order valence-corrected chi connectivity index (χ0v) is 21.7. The number of aromatic nitrogens is 6. The van der Waals surface area contributed by atoms with Gasteiger partial charge in [0.25, 0.3) is 5.91 Å². The van der Waals surface area contributed by atoms with Gasteiger partial charge < -0.3 is 26.2 Å². The molecular weight excluding hydrogens is 482 g/mol. The van der Waals surface area contributed by atoms with Crippen LogP contribution in [-0.2, 0) is 0 Å². The highest BCUT2D eigenvalue weighted by molar-refractivity contribution is 6.05. The highest BCUT2D eigenvalue weighted by atomic mass is 16.1. The van der Waals surface area contributed by atoms with E-state index in [1.807, 2.05) is 19.9 Å². The maximum absolute atomic E-state index is 13.0. The summed E-state index contributed by atoms with van der Waals surface area (Å²) in [6.45, 7) is 11.3. The summed E-state index contributed by atoms with van der Waals surface area (Å²) in [6, 6.07) is 7.13. The molecular formula is C26H31N11O. The third kappa shape index (κ3) is 5.25. The lowest BCUT2D eigenvalue weighted by Crippen LogP contribution is -2.30. The molecule has 1 aliphatic heterocycles. The summed E-state index contributed by atoms with van der Waals surface area (Å²) in [5.74, 6) is 1.47. The van der Waals surface area contributed by atoms with Crippen molar-refractivity contribution in [2.24, 2.45) is 0 Å². The Labute approximate surface area is 220 Å². The predicted octanol–water partition coefficient (Wildman–Crippen LogP) is 3.20. The number of nitrogen functional groups attached to an aromatic ring is 1. The molecule has 0 saturated carbocycles. The number of carbonyl (C=O) groups is 1. The number of nitrogens with two attached hydrogens (primary N) is 1. The van der Waals surface area contributed by atoms with Crippen molar-refractivity contribution in [2.45, 2.75) is 20.3 Å². The summed E-state index contributed by atoms with van der Waals surface area (Å²) in [7, 11) is 2.11. The minimum absolute atomic E-state index is 0.291. The van der Waals surface area contributed by atoms with Crippen LogP contribution >= 0.6 is 0 Å². The van der Waals surface area contributed by atoms with Gasteiger partial charge in [0, 0.05) is 37.0 Å². The van der Waals surface area contributed by atoms with E-state index in [4.69, 9.17) is 10.7 Å². The van der Waals surface area contributed by atoms with E-state index in [0.717, 1.165) is 49.4 Å². The Morgan fingerprint density at radius 3 is 2.74 bits per heavy atom. The van der Waals surface area contributed by atoms with E-state index >= 15 is 0 Å². The molecule has 0 bridgehead atoms. The number of fused-ring (bicyclic) bond motifs is 1. The minimum atomic E-state index is -0.291. The minimum Gasteiger partial charge on any atom is -0.382 e. The highest BCUT2D eigenvalue weighted by Crippen LogP contribution is 2.28. The number of nitrogens with one attached hydrogen (secondary N) is 3. The fraction of sp³-hybridized carbons (Fsp3) is 0.308. The summed E-state index contributed by atoms with van der Waals surface area (Å²) < 4.78 is 0. The number of hydrogen-bond acceptors (Lipinski definition) is 10. The summed E-state index contributed by atoms with van der Waals surface area (Å²) in [5.41, 5.74) is 11.0. The Morgan fingerprint density at radius 2 is 1.95 bits per heavy atom. The lowest BCUT2D eigenvalue weighted by Gasteiger charge is -2.21. The Kier molecular flexibility index (Phi) is 6.88. The quantitative estimate of drug-likeness (QED) is 0.302. The number of allylic oxidation sites excluding steroid dienone is 1. The number of benzene rings is 1. The molecule has 38 heavy (non-hydrogen) atoms. The van der Waals surface area contributed by atoms with E-state index in [-0.39, 0.29) is 5.91 Å². The first-order valence-corrected chi connectivity index (χ1v) is 12.4. The average Bonchev–Trinajstić information content (AvgIpc) is 3.25. The fourth-order valence-corrected chi connectivity index (χ4v) is 4.26. The van der Waals surface area contributed by atoms with Crippen LogP contribution in [0.2, 0.25) is 0 Å². The van der Waals surface area contributed by atoms with Crippen LogP contribution in [0.4, 0.5) is 29.1 Å². The maximum atomic E-state index is 13.0. The number of likely N-dealkylation sites (N-methyl/N-ethyl adjacent to an activating group) is 1. The number of anilines is 5. The van der Waals surface area contributed by atoms with E-state index in [0.29, 0.717) is 45.7 Å². The molecule has 12 heteroatoms. The van der Waals surface area contributed by atoms with Crippen molar-refractivity contribution in [2.75, 3.05) is 54.5 Å². The molecule has 0 atom stereocenters. The van der Waals surface area contributed by atoms with Crippen LogP contribution < -0.4 is 21.3 Å². The van der Waals surface area contributed by atoms with Crippen LogP contribution in [0.5, 0.6) is 0 Å². The lowest BCUT2D eigenvalue weighted by atomic mass is 10.1. The van der Waals surface area contributed by atoms with E-state index in [2.05, 4.69) is 59.2 Å². The lowest BCUT2D eigenvalue weighted by molar-refractivity contribution is 0.102. The van der Waals surface area contributed by atoms with Crippen molar-refractivity contribution in [3.05, 3.63) is 54.0 Å². The van der Waals surface area contributed by atoms with Crippen LogP contribution in [0.3, 0.4) is 0 Å². The molecule has 0 aliphatic carbocycles. The number of H-pyrrole nitrogens is 1. The number of rotatable bonds is 6. The smallest absolute Gasteiger partial charge is 0.256 e. The van der Waals surface area contributed by atoms with E-state index in [1.54, 1.807) is 18.2 Å². The largest absolute Gasteiger partial charge is 0.382 e. The van der Waals surface area contributed by atoms with Gasteiger partial charge in [0.05, 0.1) is 5.69 Å². The number of aromatic amines is 1. The van der Waals surface area contributed by atoms with E-state index < -0.39 is 0 Å². The van der Waals surface area contributed by atoms with Crippen LogP contribution in [0.1, 0.15) is 35.0 Å². The van der Waals surface area contributed by atoms with Gasteiger partial charge in [-0.05, 0) is 57.1 Å². The molecule has 1 saturated heterocycles. The number of carbonyl (C=O) groups excluding carboxylic acids is 1. The van der Waals surface area contributed by atoms with Crippen LogP contribution in [-0.4, -0.2) is 74.2 Å². The standard InChI is InChI=1S/C26H31N11O/c1-15(2)18-13-20(35-34-18)31-25(38)17-7-6-16(3)19(12-17)30-24-22-21(28-14-29-24)23(27)33-26(32-22)37-9-5-8-36(4)10-11-37/h6-7,12-14H,1,5,8-11H2,2-4H3,(H2,27,32,33)(H,28,29,30)(H2,31,34,35,38). The van der Waals surface area contributed by atoms with Gasteiger partial charge in [0.2, 0.25) is 5.95 Å². The van der Waals surface area contributed by atoms with Crippen molar-refractivity contribution in [3.8, 4) is 0 Å². The SMILES string of the molecule is C=C(C)c1cc(NC(=O)c2ccc(C)c(Nc3ncnc4c(N)nc(N5CCCN(C)CC5)nc34)c2)n[nH]1. The number of amides is 1. The molecule has 4 heterocycles. The van der Waals surface area contributed by atoms with Gasteiger partial charge in [-0.3, -0.25) is 9.89 Å². The number of hydrogen-bond donors (Lipinski definition) is 4. The van der Waals surface area contributed by atoms with Crippen LogP contribution in [0.25, 0.3) is 16.6 Å². The maximum Gasteiger partial charge on any atom is 0.256 e. The molecule has 0 unspecified atom stereocenters. The van der Waals surface area contributed by atoms with Gasteiger partial charge in [-0.1, -0.05) is 12.6 Å². The molecule has 1 fully saturated rings. The van der Waals surface area contributed by atoms with Gasteiger partial charge in [0.1, 0.15) is 17.4 Å². The van der Waals surface area contributed by atoms with Gasteiger partial charge >= 0.3 is 0 Å². The third-order valence-corrected chi connectivity index (χ3v) is 6.53. The Balaban J connectivity index is 1.43. The first-order valence-electron chi connectivity index (χ1n) is 12.4. The van der Waals surface area contributed by atoms with E-state index in [1.165, 1.54) is 6.33 Å². The number of aryl methyl sites for hydroxylation is 1. The van der Waals surface area contributed by atoms with Crippen molar-refractivity contribution in [3.63, 3.8) is 0 Å². The summed E-state index contributed by atoms with van der Waals surface area (Å²) >= 11 is 0. The van der Waals surface area contributed by atoms with Gasteiger partial charge in [-0.25, -0.2) is 15.0 Å². The molecule has 1 amide bonds. The highest BCUT2D eigenvalue weighted by Gasteiger charge is 2.19. The Bertz CT molecular complexity index is 1510. The molecule has 3 aromatic heterocycles. The molecule has 1 aromatic carbocycles. The zero-order valence-electron chi connectivity index (χ0n) is 21.7. The monoisotopic (exact) mass is 513 g/mol. The molecule has 0 spiro atoms. The van der Waals surface area contributed by atoms with Crippen LogP contribution in [0.15, 0.2) is 37.2 Å². The molecule has 12 nitrogen and oxygen atoms in total. The summed E-state index contributed by atoms with van der Waals surface area (Å²) in [6.07, 6.45) is 2.43. The average molecular weight is 514 g/mol. The second kappa shape index (κ2) is 10.4. The zero-order chi connectivity index (χ0) is 26.8. The summed E-state index contributed by atoms with van der Waals surface area (Å²) in [4.78, 5) is 35.5. The first-order chi connectivity index (χ1) is 18.3. The summed E-state index contributed by atoms with van der Waals surface area (Å²) in [5, 5.41) is 13.1. The molecule has 0 radical (unpaired) electrons. The van der Waals surface area contributed by atoms with E-state index in [9.17, 15) is 4.79 Å². The van der Waals surface area contributed by atoms with Gasteiger partial charge in [-0.2, -0.15) is 10.1 Å². The normalized spacial score (nSPS) is 14.3. The molecule has 196 valence electrons. The second-order valence-electron chi connectivity index (χ2n) is 9.53. The Hall–Kier alpha value is -4.58. The van der Waals surface area contributed by atoms with Gasteiger partial charge in [-0.15, -0.1) is 0 Å². The predicted molar refractivity (Wildman–Crippen MR) is 150 cm³/mol. The third-order valence-electron chi connectivity index (χ3n) is 6.53. The molecule has 4 aromatic rings. The van der Waals surface area contributed by atoms with Crippen molar-refractivity contribution in [1.82, 2.24) is 35.0 Å². The van der Waals surface area contributed by atoms with Crippen LogP contribution in [0, 0.1) is 6.92 Å². The fourth-order valence-electron chi connectivity index (χ4n) is 4.26. The van der Waals surface area contributed by atoms with Crippen molar-refractivity contribution < 1.29 is 4.79 Å². The first kappa shape index (κ1) is 25.1. The molecule has 5 rings (SSSR count). The van der Waals surface area contributed by atoms with Gasteiger partial charge in [0.15, 0.2) is 17.5 Å². The Morgan fingerprint density at radius 1 is 1.11 bits per heavy atom. The number of nitrogens with zero attached hydrogens (tertiary/aromatic N) is 7. The topological polar surface area (TPSA) is 154 Å². The van der Waals surface area contributed by atoms with Crippen molar-refractivity contribution in [1.29, 1.82) is 0 Å². The second-order valence-corrected chi connectivity index (χ2v) is 9.53. The van der Waals surface area contributed by atoms with Crippen molar-refractivity contribution >= 4 is 51.6 Å². The molecule has 5 N–H and O–H groups in total.